The molecule has 1 aliphatic heterocycles. The van der Waals surface area contributed by atoms with Crippen molar-refractivity contribution in [3.05, 3.63) is 5.82 Å². The van der Waals surface area contributed by atoms with Gasteiger partial charge in [-0.25, -0.2) is 0 Å². The van der Waals surface area contributed by atoms with E-state index in [2.05, 4.69) is 10.2 Å². The van der Waals surface area contributed by atoms with Crippen LogP contribution < -0.4 is 0 Å². The van der Waals surface area contributed by atoms with Crippen molar-refractivity contribution < 1.29 is 14.6 Å². The smallest absolute Gasteiger partial charge is 0.313 e. The first kappa shape index (κ1) is 12.4. The topological polar surface area (TPSA) is 77.2 Å². The molecular formula is C10H15N3O3S. The van der Waals surface area contributed by atoms with E-state index >= 15 is 0 Å². The summed E-state index contributed by atoms with van der Waals surface area (Å²) in [5.74, 6) is 0.296. The molecule has 6 nitrogen and oxygen atoms in total. The fraction of sp³-hybridized carbons (Fsp3) is 0.700. The van der Waals surface area contributed by atoms with Crippen LogP contribution in [0.15, 0.2) is 5.16 Å². The second kappa shape index (κ2) is 5.05. The highest BCUT2D eigenvalue weighted by Gasteiger charge is 2.28. The van der Waals surface area contributed by atoms with Crippen molar-refractivity contribution >= 4 is 17.7 Å². The van der Waals surface area contributed by atoms with Crippen LogP contribution in [0.5, 0.6) is 0 Å². The van der Waals surface area contributed by atoms with Crippen molar-refractivity contribution in [1.82, 2.24) is 14.8 Å². The van der Waals surface area contributed by atoms with Crippen molar-refractivity contribution in [1.29, 1.82) is 0 Å². The van der Waals surface area contributed by atoms with Gasteiger partial charge >= 0.3 is 5.97 Å². The molecule has 2 rings (SSSR count). The van der Waals surface area contributed by atoms with Crippen LogP contribution in [0.2, 0.25) is 0 Å². The van der Waals surface area contributed by atoms with Gasteiger partial charge < -0.3 is 14.4 Å². The molecule has 0 saturated carbocycles. The molecule has 1 aromatic rings. The monoisotopic (exact) mass is 257 g/mol. The van der Waals surface area contributed by atoms with Gasteiger partial charge in [0.25, 0.3) is 0 Å². The molecule has 0 amide bonds. The Morgan fingerprint density at radius 1 is 1.65 bits per heavy atom. The zero-order valence-corrected chi connectivity index (χ0v) is 10.6. The number of aliphatic carboxylic acids is 1. The van der Waals surface area contributed by atoms with E-state index in [9.17, 15) is 4.79 Å². The number of rotatable bonds is 4. The third-order valence-electron chi connectivity index (χ3n) is 2.76. The number of carbonyl (C=O) groups is 1. The molecule has 7 heteroatoms. The molecule has 0 aliphatic carbocycles. The molecule has 2 atom stereocenters. The lowest BCUT2D eigenvalue weighted by Gasteiger charge is -2.07. The normalized spacial score (nSPS) is 24.1. The van der Waals surface area contributed by atoms with Gasteiger partial charge in [-0.05, 0) is 13.3 Å². The molecule has 1 fully saturated rings. The van der Waals surface area contributed by atoms with E-state index in [0.29, 0.717) is 11.8 Å². The number of thioether (sulfide) groups is 1. The number of hydrogen-bond donors (Lipinski definition) is 1. The minimum absolute atomic E-state index is 0.00351. The minimum atomic E-state index is -0.850. The lowest BCUT2D eigenvalue weighted by atomic mass is 10.1. The maximum atomic E-state index is 10.5. The first-order valence-electron chi connectivity index (χ1n) is 5.43. The van der Waals surface area contributed by atoms with Crippen LogP contribution in [0.4, 0.5) is 0 Å². The summed E-state index contributed by atoms with van der Waals surface area (Å²) in [6, 6.07) is 0. The van der Waals surface area contributed by atoms with E-state index < -0.39 is 5.97 Å². The average molecular weight is 257 g/mol. The van der Waals surface area contributed by atoms with Gasteiger partial charge in [0.15, 0.2) is 5.16 Å². The predicted molar refractivity (Wildman–Crippen MR) is 62.1 cm³/mol. The highest BCUT2D eigenvalue weighted by molar-refractivity contribution is 7.99. The van der Waals surface area contributed by atoms with Crippen LogP contribution in [0.3, 0.4) is 0 Å². The molecule has 2 heterocycles. The fourth-order valence-corrected chi connectivity index (χ4v) is 2.57. The summed E-state index contributed by atoms with van der Waals surface area (Å²) < 4.78 is 7.36. The summed E-state index contributed by atoms with van der Waals surface area (Å²) in [5, 5.41) is 17.4. The predicted octanol–water partition coefficient (Wildman–Crippen LogP) is 0.884. The molecule has 94 valence electrons. The number of carboxylic acids is 1. The Morgan fingerprint density at radius 3 is 3.00 bits per heavy atom. The summed E-state index contributed by atoms with van der Waals surface area (Å²) in [5.41, 5.74) is 0. The Morgan fingerprint density at radius 2 is 2.41 bits per heavy atom. The number of hydrogen-bond acceptors (Lipinski definition) is 5. The zero-order chi connectivity index (χ0) is 12.4. The SMILES string of the molecule is CC1CC(c2nnc(SCC(=O)O)n2C)CO1. The van der Waals surface area contributed by atoms with E-state index in [1.807, 2.05) is 18.5 Å². The molecule has 1 aliphatic rings. The second-order valence-corrected chi connectivity index (χ2v) is 5.10. The first-order valence-corrected chi connectivity index (χ1v) is 6.42. The molecule has 0 bridgehead atoms. The van der Waals surface area contributed by atoms with Gasteiger partial charge in [0.2, 0.25) is 0 Å². The van der Waals surface area contributed by atoms with E-state index in [1.54, 1.807) is 0 Å². The molecule has 17 heavy (non-hydrogen) atoms. The zero-order valence-electron chi connectivity index (χ0n) is 9.79. The summed E-state index contributed by atoms with van der Waals surface area (Å²) in [4.78, 5) is 10.5. The molecule has 0 spiro atoms. The lowest BCUT2D eigenvalue weighted by molar-refractivity contribution is -0.133. The van der Waals surface area contributed by atoms with Gasteiger partial charge in [0.1, 0.15) is 5.82 Å². The fourth-order valence-electron chi connectivity index (χ4n) is 1.93. The molecular weight excluding hydrogens is 242 g/mol. The van der Waals surface area contributed by atoms with Crippen LogP contribution in [-0.2, 0) is 16.6 Å². The van der Waals surface area contributed by atoms with Crippen molar-refractivity contribution in [3.63, 3.8) is 0 Å². The summed E-state index contributed by atoms with van der Waals surface area (Å²) >= 11 is 1.18. The Hall–Kier alpha value is -1.08. The van der Waals surface area contributed by atoms with Gasteiger partial charge in [0.05, 0.1) is 18.5 Å². The number of nitrogens with zero attached hydrogens (tertiary/aromatic N) is 3. The molecule has 0 radical (unpaired) electrons. The first-order chi connectivity index (χ1) is 8.08. The molecule has 1 N–H and O–H groups in total. The maximum Gasteiger partial charge on any atom is 0.313 e. The van der Waals surface area contributed by atoms with Gasteiger partial charge in [0, 0.05) is 13.0 Å². The van der Waals surface area contributed by atoms with Crippen LogP contribution in [0, 0.1) is 0 Å². The van der Waals surface area contributed by atoms with Crippen LogP contribution in [0.25, 0.3) is 0 Å². The van der Waals surface area contributed by atoms with E-state index in [1.165, 1.54) is 11.8 Å². The Kier molecular flexibility index (Phi) is 3.68. The largest absolute Gasteiger partial charge is 0.481 e. The van der Waals surface area contributed by atoms with Gasteiger partial charge in [-0.2, -0.15) is 0 Å². The average Bonchev–Trinajstić information content (AvgIpc) is 2.82. The standard InChI is InChI=1S/C10H15N3O3S/c1-6-3-7(4-16-6)9-11-12-10(13(9)2)17-5-8(14)15/h6-7H,3-5H2,1-2H3,(H,14,15). The Labute approximate surface area is 103 Å². The molecule has 1 saturated heterocycles. The Balaban J connectivity index is 2.07. The van der Waals surface area contributed by atoms with Gasteiger partial charge in [-0.1, -0.05) is 11.8 Å². The molecule has 0 aromatic carbocycles. The maximum absolute atomic E-state index is 10.5. The number of carboxylic acid groups (broad SMARTS) is 1. The van der Waals surface area contributed by atoms with Crippen LogP contribution in [0.1, 0.15) is 25.1 Å². The lowest BCUT2D eigenvalue weighted by Crippen LogP contribution is -2.07. The third kappa shape index (κ3) is 2.78. The number of aromatic nitrogens is 3. The van der Waals surface area contributed by atoms with Crippen molar-refractivity contribution in [2.45, 2.75) is 30.5 Å². The summed E-state index contributed by atoms with van der Waals surface area (Å²) in [6.45, 7) is 2.70. The van der Waals surface area contributed by atoms with Crippen LogP contribution >= 0.6 is 11.8 Å². The van der Waals surface area contributed by atoms with Gasteiger partial charge in [-0.3, -0.25) is 4.79 Å². The van der Waals surface area contributed by atoms with E-state index in [0.717, 1.165) is 12.2 Å². The highest BCUT2D eigenvalue weighted by atomic mass is 32.2. The minimum Gasteiger partial charge on any atom is -0.481 e. The van der Waals surface area contributed by atoms with Crippen LogP contribution in [-0.4, -0.2) is 44.3 Å². The number of ether oxygens (including phenoxy) is 1. The summed E-state index contributed by atoms with van der Waals surface area (Å²) in [6.07, 6.45) is 1.20. The van der Waals surface area contributed by atoms with Crippen molar-refractivity contribution in [2.24, 2.45) is 7.05 Å². The highest BCUT2D eigenvalue weighted by Crippen LogP contribution is 2.29. The van der Waals surface area contributed by atoms with Crippen molar-refractivity contribution in [3.8, 4) is 0 Å². The van der Waals surface area contributed by atoms with E-state index in [-0.39, 0.29) is 17.8 Å². The second-order valence-electron chi connectivity index (χ2n) is 4.16. The Bertz CT molecular complexity index is 421. The third-order valence-corrected chi connectivity index (χ3v) is 3.76. The molecule has 1 aromatic heterocycles. The summed E-state index contributed by atoms with van der Waals surface area (Å²) in [7, 11) is 1.86. The van der Waals surface area contributed by atoms with Crippen molar-refractivity contribution in [2.75, 3.05) is 12.4 Å². The van der Waals surface area contributed by atoms with Gasteiger partial charge in [-0.15, -0.1) is 10.2 Å². The quantitative estimate of drug-likeness (QED) is 0.807. The van der Waals surface area contributed by atoms with E-state index in [4.69, 9.17) is 9.84 Å². The molecule has 2 unspecified atom stereocenters.